The van der Waals surface area contributed by atoms with E-state index in [1.54, 1.807) is 49.9 Å². The van der Waals surface area contributed by atoms with Gasteiger partial charge in [-0.2, -0.15) is 11.8 Å². The zero-order valence-electron chi connectivity index (χ0n) is 16.9. The minimum atomic E-state index is -3.67. The van der Waals surface area contributed by atoms with Gasteiger partial charge in [0, 0.05) is 28.8 Å². The molecule has 0 fully saturated rings. The maximum atomic E-state index is 13.6. The van der Waals surface area contributed by atoms with Crippen molar-refractivity contribution in [1.82, 2.24) is 0 Å². The van der Waals surface area contributed by atoms with Gasteiger partial charge >= 0.3 is 7.37 Å². The molecule has 0 aliphatic rings. The molecule has 0 amide bonds. The van der Waals surface area contributed by atoms with Gasteiger partial charge in [0.2, 0.25) is 0 Å². The summed E-state index contributed by atoms with van der Waals surface area (Å²) in [5.74, 6) is 1.74. The van der Waals surface area contributed by atoms with Gasteiger partial charge in [0.25, 0.3) is 5.52 Å². The lowest BCUT2D eigenvalue weighted by Crippen LogP contribution is -2.17. The molecule has 1 unspecified atom stereocenters. The fraction of sp³-hybridized carbons (Fsp3) is 0.364. The zero-order valence-corrected chi connectivity index (χ0v) is 18.6. The van der Waals surface area contributed by atoms with Crippen molar-refractivity contribution in [2.75, 3.05) is 12.4 Å². The third-order valence-corrected chi connectivity index (χ3v) is 7.74. The van der Waals surface area contributed by atoms with Crippen molar-refractivity contribution in [3.63, 3.8) is 0 Å². The summed E-state index contributed by atoms with van der Waals surface area (Å²) >= 11 is 1.69. The van der Waals surface area contributed by atoms with Crippen LogP contribution >= 0.6 is 19.1 Å². The molecule has 0 aliphatic carbocycles. The van der Waals surface area contributed by atoms with E-state index in [1.807, 2.05) is 32.0 Å². The van der Waals surface area contributed by atoms with Crippen LogP contribution in [0.1, 0.15) is 47.3 Å². The SMILES string of the molecule is CCOP(=O)(C(=O)c1c(C)cc(CSCCC(C)=O)cc1C)c1ccccc1. The van der Waals surface area contributed by atoms with Crippen LogP contribution in [0.15, 0.2) is 42.5 Å². The summed E-state index contributed by atoms with van der Waals surface area (Å²) in [4.78, 5) is 24.4. The molecule has 0 aliphatic heterocycles. The number of carbonyl (C=O) groups excluding carboxylic acids is 2. The fourth-order valence-corrected chi connectivity index (χ4v) is 6.14. The second-order valence-electron chi connectivity index (χ2n) is 6.72. The Hall–Kier alpha value is -1.68. The number of hydrogen-bond acceptors (Lipinski definition) is 5. The third kappa shape index (κ3) is 5.44. The Kier molecular flexibility index (Phi) is 8.23. The molecule has 2 aromatic carbocycles. The lowest BCUT2D eigenvalue weighted by atomic mass is 10.0. The van der Waals surface area contributed by atoms with E-state index in [4.69, 9.17) is 4.52 Å². The van der Waals surface area contributed by atoms with Crippen molar-refractivity contribution in [1.29, 1.82) is 0 Å². The van der Waals surface area contributed by atoms with Crippen molar-refractivity contribution < 1.29 is 18.7 Å². The van der Waals surface area contributed by atoms with Gasteiger partial charge in [-0.25, -0.2) is 0 Å². The van der Waals surface area contributed by atoms with E-state index in [1.165, 1.54) is 0 Å². The molecule has 0 N–H and O–H groups in total. The normalized spacial score (nSPS) is 13.1. The molecule has 0 spiro atoms. The van der Waals surface area contributed by atoms with Gasteiger partial charge in [-0.3, -0.25) is 14.2 Å². The van der Waals surface area contributed by atoms with Gasteiger partial charge in [-0.15, -0.1) is 0 Å². The second kappa shape index (κ2) is 10.2. The number of rotatable bonds is 10. The summed E-state index contributed by atoms with van der Waals surface area (Å²) in [6.45, 7) is 7.26. The zero-order chi connectivity index (χ0) is 20.7. The number of benzene rings is 2. The molecule has 28 heavy (non-hydrogen) atoms. The summed E-state index contributed by atoms with van der Waals surface area (Å²) in [6.07, 6.45) is 0.563. The molecule has 0 bridgehead atoms. The Bertz CT molecular complexity index is 870. The number of aryl methyl sites for hydroxylation is 2. The summed E-state index contributed by atoms with van der Waals surface area (Å²) in [5.41, 5.74) is 2.70. The van der Waals surface area contributed by atoms with Crippen molar-refractivity contribution >= 4 is 35.7 Å². The lowest BCUT2D eigenvalue weighted by Gasteiger charge is -2.20. The summed E-state index contributed by atoms with van der Waals surface area (Å²) in [7, 11) is -3.67. The van der Waals surface area contributed by atoms with Crippen LogP contribution in [-0.4, -0.2) is 23.7 Å². The molecule has 2 rings (SSSR count). The first kappa shape index (κ1) is 22.6. The van der Waals surface area contributed by atoms with Crippen LogP contribution in [0.25, 0.3) is 0 Å². The average molecular weight is 418 g/mol. The van der Waals surface area contributed by atoms with Crippen LogP contribution in [0, 0.1) is 13.8 Å². The van der Waals surface area contributed by atoms with E-state index in [0.717, 1.165) is 28.2 Å². The molecule has 2 aromatic rings. The van der Waals surface area contributed by atoms with Gasteiger partial charge in [-0.05, 0) is 56.5 Å². The van der Waals surface area contributed by atoms with Crippen LogP contribution in [0.3, 0.4) is 0 Å². The highest BCUT2D eigenvalue weighted by Gasteiger charge is 2.37. The quantitative estimate of drug-likeness (QED) is 0.387. The maximum absolute atomic E-state index is 13.6. The Morgan fingerprint density at radius 1 is 1.07 bits per heavy atom. The van der Waals surface area contributed by atoms with Gasteiger partial charge in [0.1, 0.15) is 5.78 Å². The van der Waals surface area contributed by atoms with Crippen LogP contribution in [0.4, 0.5) is 0 Å². The first-order valence-corrected chi connectivity index (χ1v) is 12.1. The fourth-order valence-electron chi connectivity index (χ4n) is 3.08. The molecular weight excluding hydrogens is 391 g/mol. The third-order valence-electron chi connectivity index (χ3n) is 4.35. The molecule has 1 atom stereocenters. The summed E-state index contributed by atoms with van der Waals surface area (Å²) in [5, 5.41) is 0.421. The predicted molar refractivity (Wildman–Crippen MR) is 117 cm³/mol. The smallest absolute Gasteiger partial charge is 0.300 e. The first-order chi connectivity index (χ1) is 13.3. The summed E-state index contributed by atoms with van der Waals surface area (Å²) in [6, 6.07) is 12.6. The van der Waals surface area contributed by atoms with Crippen LogP contribution in [-0.2, 0) is 19.6 Å². The van der Waals surface area contributed by atoms with Gasteiger partial charge in [-0.1, -0.05) is 30.3 Å². The molecule has 150 valence electrons. The predicted octanol–water partition coefficient (Wildman–Crippen LogP) is 5.30. The Balaban J connectivity index is 2.31. The van der Waals surface area contributed by atoms with E-state index < -0.39 is 12.9 Å². The van der Waals surface area contributed by atoms with Crippen molar-refractivity contribution in [3.8, 4) is 0 Å². The van der Waals surface area contributed by atoms with E-state index in [2.05, 4.69) is 0 Å². The minimum Gasteiger partial charge on any atom is -0.320 e. The van der Waals surface area contributed by atoms with Gasteiger partial charge < -0.3 is 4.52 Å². The van der Waals surface area contributed by atoms with Crippen LogP contribution in [0.2, 0.25) is 0 Å². The molecule has 4 nitrogen and oxygen atoms in total. The Morgan fingerprint density at radius 3 is 2.21 bits per heavy atom. The topological polar surface area (TPSA) is 60.4 Å². The molecule has 6 heteroatoms. The number of carbonyl (C=O) groups is 2. The largest absolute Gasteiger partial charge is 0.320 e. The van der Waals surface area contributed by atoms with E-state index in [0.29, 0.717) is 17.3 Å². The number of ketones is 1. The Morgan fingerprint density at radius 2 is 1.68 bits per heavy atom. The van der Waals surface area contributed by atoms with Crippen LogP contribution < -0.4 is 5.30 Å². The number of hydrogen-bond donors (Lipinski definition) is 0. The highest BCUT2D eigenvalue weighted by molar-refractivity contribution is 7.98. The molecule has 0 heterocycles. The lowest BCUT2D eigenvalue weighted by molar-refractivity contribution is -0.116. The van der Waals surface area contributed by atoms with Gasteiger partial charge in [0.05, 0.1) is 6.61 Å². The van der Waals surface area contributed by atoms with E-state index in [-0.39, 0.29) is 12.4 Å². The highest BCUT2D eigenvalue weighted by Crippen LogP contribution is 2.50. The average Bonchev–Trinajstić information content (AvgIpc) is 2.65. The first-order valence-electron chi connectivity index (χ1n) is 9.32. The van der Waals surface area contributed by atoms with Gasteiger partial charge in [0.15, 0.2) is 0 Å². The standard InChI is InChI=1S/C22H27O4PS/c1-5-26-27(25,20-9-7-6-8-10-20)22(24)21-16(2)13-19(14-17(21)3)15-28-12-11-18(4)23/h6-10,13-14H,5,11-12,15H2,1-4H3. The molecule has 0 aromatic heterocycles. The summed E-state index contributed by atoms with van der Waals surface area (Å²) < 4.78 is 19.1. The number of thioether (sulfide) groups is 1. The van der Waals surface area contributed by atoms with E-state index >= 15 is 0 Å². The highest BCUT2D eigenvalue weighted by atomic mass is 32.2. The van der Waals surface area contributed by atoms with Crippen LogP contribution in [0.5, 0.6) is 0 Å². The molecular formula is C22H27O4PS. The maximum Gasteiger partial charge on any atom is 0.300 e. The Labute approximate surface area is 171 Å². The second-order valence-corrected chi connectivity index (χ2v) is 10.1. The van der Waals surface area contributed by atoms with Crippen molar-refractivity contribution in [2.24, 2.45) is 0 Å². The van der Waals surface area contributed by atoms with E-state index in [9.17, 15) is 14.2 Å². The number of Topliss-reactive ketones (excluding diaryl/α,β-unsaturated/α-hetero) is 1. The van der Waals surface area contributed by atoms with Crippen molar-refractivity contribution in [3.05, 3.63) is 64.7 Å². The minimum absolute atomic E-state index is 0.188. The van der Waals surface area contributed by atoms with Crippen molar-refractivity contribution in [2.45, 2.75) is 39.9 Å². The molecule has 0 saturated heterocycles. The molecule has 0 saturated carbocycles. The molecule has 0 radical (unpaired) electrons. The monoisotopic (exact) mass is 418 g/mol.